The first-order valence-electron chi connectivity index (χ1n) is 6.41. The van der Waals surface area contributed by atoms with Crippen LogP contribution < -0.4 is 14.8 Å². The molecule has 4 nitrogen and oxygen atoms in total. The van der Waals surface area contributed by atoms with Gasteiger partial charge in [0, 0.05) is 6.54 Å². The van der Waals surface area contributed by atoms with Gasteiger partial charge in [-0.2, -0.15) is 0 Å². The summed E-state index contributed by atoms with van der Waals surface area (Å²) >= 11 is 0. The van der Waals surface area contributed by atoms with Crippen molar-refractivity contribution in [2.75, 3.05) is 20.3 Å². The van der Waals surface area contributed by atoms with Crippen molar-refractivity contribution in [1.82, 2.24) is 5.32 Å². The Hall–Kier alpha value is -1.97. The van der Waals surface area contributed by atoms with Gasteiger partial charge in [0.15, 0.2) is 18.1 Å². The van der Waals surface area contributed by atoms with Gasteiger partial charge in [-0.1, -0.05) is 25.1 Å². The maximum Gasteiger partial charge on any atom is 0.257 e. The Morgan fingerprint density at radius 3 is 2.79 bits per heavy atom. The van der Waals surface area contributed by atoms with Crippen molar-refractivity contribution >= 4 is 12.0 Å². The Morgan fingerprint density at radius 2 is 2.16 bits per heavy atom. The smallest absolute Gasteiger partial charge is 0.257 e. The van der Waals surface area contributed by atoms with Gasteiger partial charge in [-0.05, 0) is 31.0 Å². The summed E-state index contributed by atoms with van der Waals surface area (Å²) in [5.74, 6) is 1.07. The Kier molecular flexibility index (Phi) is 6.50. The van der Waals surface area contributed by atoms with Crippen LogP contribution in [-0.4, -0.2) is 26.2 Å². The van der Waals surface area contributed by atoms with Crippen molar-refractivity contribution in [2.24, 2.45) is 0 Å². The molecule has 19 heavy (non-hydrogen) atoms. The number of benzene rings is 1. The lowest BCUT2D eigenvalue weighted by Gasteiger charge is -2.11. The van der Waals surface area contributed by atoms with Crippen LogP contribution in [0.25, 0.3) is 6.08 Å². The van der Waals surface area contributed by atoms with Gasteiger partial charge in [0.2, 0.25) is 0 Å². The molecule has 1 N–H and O–H groups in total. The Labute approximate surface area is 114 Å². The minimum absolute atomic E-state index is 0.000671. The molecule has 0 heterocycles. The van der Waals surface area contributed by atoms with E-state index in [1.807, 2.05) is 38.1 Å². The van der Waals surface area contributed by atoms with E-state index >= 15 is 0 Å². The van der Waals surface area contributed by atoms with E-state index in [0.29, 0.717) is 18.0 Å². The molecule has 0 aliphatic rings. The first-order valence-corrected chi connectivity index (χ1v) is 6.41. The fraction of sp³-hybridized carbons (Fsp3) is 0.400. The molecule has 1 aromatic rings. The Balaban J connectivity index is 2.65. The summed E-state index contributed by atoms with van der Waals surface area (Å²) in [5.41, 5.74) is 1.03. The number of methoxy groups -OCH3 is 1. The van der Waals surface area contributed by atoms with Crippen LogP contribution in [0.15, 0.2) is 24.3 Å². The van der Waals surface area contributed by atoms with Gasteiger partial charge >= 0.3 is 0 Å². The molecule has 0 saturated heterocycles. The minimum atomic E-state index is -0.124. The molecule has 1 rings (SSSR count). The number of ether oxygens (including phenoxy) is 2. The highest BCUT2D eigenvalue weighted by molar-refractivity contribution is 5.77. The van der Waals surface area contributed by atoms with Crippen LogP contribution in [0, 0.1) is 0 Å². The van der Waals surface area contributed by atoms with Crippen LogP contribution >= 0.6 is 0 Å². The van der Waals surface area contributed by atoms with E-state index in [2.05, 4.69) is 5.32 Å². The number of hydrogen-bond donors (Lipinski definition) is 1. The van der Waals surface area contributed by atoms with Crippen molar-refractivity contribution in [1.29, 1.82) is 0 Å². The first-order chi connectivity index (χ1) is 9.21. The zero-order chi connectivity index (χ0) is 14.1. The lowest BCUT2D eigenvalue weighted by molar-refractivity contribution is -0.123. The van der Waals surface area contributed by atoms with Gasteiger partial charge in [0.25, 0.3) is 5.91 Å². The lowest BCUT2D eigenvalue weighted by Crippen LogP contribution is -2.29. The number of carbonyl (C=O) groups is 1. The van der Waals surface area contributed by atoms with E-state index in [1.54, 1.807) is 13.2 Å². The third-order valence-electron chi connectivity index (χ3n) is 2.48. The molecule has 0 unspecified atom stereocenters. The molecule has 0 saturated carbocycles. The van der Waals surface area contributed by atoms with Crippen LogP contribution in [-0.2, 0) is 4.79 Å². The predicted octanol–water partition coefficient (Wildman–Crippen LogP) is 2.63. The maximum atomic E-state index is 11.5. The lowest BCUT2D eigenvalue weighted by atomic mass is 10.2. The van der Waals surface area contributed by atoms with Gasteiger partial charge in [-0.15, -0.1) is 0 Å². The average Bonchev–Trinajstić information content (AvgIpc) is 2.43. The average molecular weight is 263 g/mol. The van der Waals surface area contributed by atoms with Gasteiger partial charge in [0.1, 0.15) is 0 Å². The number of amides is 1. The summed E-state index contributed by atoms with van der Waals surface area (Å²) in [4.78, 5) is 11.5. The van der Waals surface area contributed by atoms with Gasteiger partial charge in [-0.3, -0.25) is 4.79 Å². The monoisotopic (exact) mass is 263 g/mol. The molecule has 104 valence electrons. The zero-order valence-electron chi connectivity index (χ0n) is 11.7. The van der Waals surface area contributed by atoms with E-state index in [1.165, 1.54) is 0 Å². The van der Waals surface area contributed by atoms with Crippen LogP contribution in [0.2, 0.25) is 0 Å². The predicted molar refractivity (Wildman–Crippen MR) is 76.5 cm³/mol. The van der Waals surface area contributed by atoms with E-state index < -0.39 is 0 Å². The second-order valence-corrected chi connectivity index (χ2v) is 4.05. The largest absolute Gasteiger partial charge is 0.493 e. The second kappa shape index (κ2) is 8.19. The van der Waals surface area contributed by atoms with Gasteiger partial charge in [0.05, 0.1) is 7.11 Å². The van der Waals surface area contributed by atoms with E-state index in [-0.39, 0.29) is 12.5 Å². The second-order valence-electron chi connectivity index (χ2n) is 4.05. The van der Waals surface area contributed by atoms with Crippen molar-refractivity contribution in [3.8, 4) is 11.5 Å². The molecule has 0 fully saturated rings. The molecule has 0 atom stereocenters. The van der Waals surface area contributed by atoms with E-state index in [4.69, 9.17) is 9.47 Å². The molecule has 1 aromatic carbocycles. The molecule has 0 radical (unpaired) electrons. The normalized spacial score (nSPS) is 10.5. The summed E-state index contributed by atoms with van der Waals surface area (Å²) in [7, 11) is 1.58. The van der Waals surface area contributed by atoms with E-state index in [0.717, 1.165) is 12.0 Å². The summed E-state index contributed by atoms with van der Waals surface area (Å²) in [6, 6.07) is 5.60. The molecule has 0 spiro atoms. The SMILES string of the molecule is C/C=C\c1ccc(OCC(=O)NCCC)c(OC)c1. The zero-order valence-corrected chi connectivity index (χ0v) is 11.7. The number of carbonyl (C=O) groups excluding carboxylic acids is 1. The molecular weight excluding hydrogens is 242 g/mol. The van der Waals surface area contributed by atoms with Crippen molar-refractivity contribution in [3.05, 3.63) is 29.8 Å². The van der Waals surface area contributed by atoms with Crippen LogP contribution in [0.5, 0.6) is 11.5 Å². The number of nitrogens with one attached hydrogen (secondary N) is 1. The summed E-state index contributed by atoms with van der Waals surface area (Å²) in [6.07, 6.45) is 4.83. The third kappa shape index (κ3) is 5.04. The fourth-order valence-electron chi connectivity index (χ4n) is 1.56. The summed E-state index contributed by atoms with van der Waals surface area (Å²) < 4.78 is 10.7. The van der Waals surface area contributed by atoms with Crippen LogP contribution in [0.3, 0.4) is 0 Å². The Bertz CT molecular complexity index is 441. The highest BCUT2D eigenvalue weighted by atomic mass is 16.5. The number of allylic oxidation sites excluding steroid dienone is 1. The molecule has 0 bridgehead atoms. The van der Waals surface area contributed by atoms with Crippen molar-refractivity contribution < 1.29 is 14.3 Å². The number of rotatable bonds is 7. The molecule has 4 heteroatoms. The highest BCUT2D eigenvalue weighted by Crippen LogP contribution is 2.28. The van der Waals surface area contributed by atoms with E-state index in [9.17, 15) is 4.79 Å². The molecule has 1 amide bonds. The maximum absolute atomic E-state index is 11.5. The van der Waals surface area contributed by atoms with Crippen LogP contribution in [0.1, 0.15) is 25.8 Å². The highest BCUT2D eigenvalue weighted by Gasteiger charge is 2.07. The third-order valence-corrected chi connectivity index (χ3v) is 2.48. The topological polar surface area (TPSA) is 47.6 Å². The fourth-order valence-corrected chi connectivity index (χ4v) is 1.56. The van der Waals surface area contributed by atoms with Crippen LogP contribution in [0.4, 0.5) is 0 Å². The van der Waals surface area contributed by atoms with Gasteiger partial charge in [-0.25, -0.2) is 0 Å². The minimum Gasteiger partial charge on any atom is -0.493 e. The summed E-state index contributed by atoms with van der Waals surface area (Å²) in [5, 5.41) is 2.76. The number of hydrogen-bond acceptors (Lipinski definition) is 3. The molecule has 0 aliphatic carbocycles. The molecular formula is C15H21NO3. The van der Waals surface area contributed by atoms with Gasteiger partial charge < -0.3 is 14.8 Å². The standard InChI is InChI=1S/C15H21NO3/c1-4-6-12-7-8-13(14(10-12)18-3)19-11-15(17)16-9-5-2/h4,6-8,10H,5,9,11H2,1-3H3,(H,16,17)/b6-4-. The Morgan fingerprint density at radius 1 is 1.37 bits per heavy atom. The van der Waals surface area contributed by atoms with Crippen molar-refractivity contribution in [3.63, 3.8) is 0 Å². The first kappa shape index (κ1) is 15.1. The molecule has 0 aromatic heterocycles. The quantitative estimate of drug-likeness (QED) is 0.822. The summed E-state index contributed by atoms with van der Waals surface area (Å²) in [6.45, 7) is 4.62. The van der Waals surface area contributed by atoms with Crippen molar-refractivity contribution in [2.45, 2.75) is 20.3 Å². The molecule has 0 aliphatic heterocycles.